The average molecular weight is 378 g/mol. The van der Waals surface area contributed by atoms with Crippen LogP contribution in [0.25, 0.3) is 0 Å². The van der Waals surface area contributed by atoms with Crippen LogP contribution in [0.2, 0.25) is 0 Å². The van der Waals surface area contributed by atoms with Gasteiger partial charge in [-0.25, -0.2) is 9.00 Å². The van der Waals surface area contributed by atoms with E-state index in [2.05, 4.69) is 15.4 Å². The van der Waals surface area contributed by atoms with Crippen molar-refractivity contribution in [2.45, 2.75) is 12.5 Å². The van der Waals surface area contributed by atoms with Crippen LogP contribution in [-0.4, -0.2) is 25.9 Å². The molecule has 0 fully saturated rings. The van der Waals surface area contributed by atoms with Crippen LogP contribution in [0.5, 0.6) is 0 Å². The molecule has 0 heterocycles. The second-order valence-electron chi connectivity index (χ2n) is 5.35. The van der Waals surface area contributed by atoms with E-state index in [0.29, 0.717) is 22.6 Å². The van der Waals surface area contributed by atoms with Gasteiger partial charge in [-0.05, 0) is 42.0 Å². The van der Waals surface area contributed by atoms with Crippen molar-refractivity contribution in [3.8, 4) is 0 Å². The van der Waals surface area contributed by atoms with Crippen LogP contribution in [0.1, 0.15) is 18.0 Å². The highest BCUT2D eigenvalue weighted by molar-refractivity contribution is 7.80. The number of carbonyl (C=O) groups is 2. The smallest absolute Gasteiger partial charge is 0.319 e. The van der Waals surface area contributed by atoms with Crippen molar-refractivity contribution in [3.05, 3.63) is 54.1 Å². The van der Waals surface area contributed by atoms with Crippen LogP contribution in [0, 0.1) is 0 Å². The second kappa shape index (κ2) is 8.83. The lowest BCUT2D eigenvalue weighted by molar-refractivity contribution is -0.137. The van der Waals surface area contributed by atoms with E-state index in [1.807, 2.05) is 0 Å². The molecule has 0 aliphatic carbocycles. The quantitative estimate of drug-likeness (QED) is 0.320. The lowest BCUT2D eigenvalue weighted by atomic mass is 10.0. The van der Waals surface area contributed by atoms with E-state index in [-0.39, 0.29) is 6.42 Å². The Hall–Kier alpha value is -3.11. The van der Waals surface area contributed by atoms with Gasteiger partial charge in [-0.1, -0.05) is 12.1 Å². The fourth-order valence-corrected chi connectivity index (χ4v) is 2.57. The number of hydrogen-bond donors (Lipinski definition) is 6. The molecule has 9 nitrogen and oxygen atoms in total. The Morgan fingerprint density at radius 2 is 1.81 bits per heavy atom. The molecule has 0 saturated carbocycles. The molecule has 2 unspecified atom stereocenters. The molecule has 0 aromatic heterocycles. The predicted octanol–water partition coefficient (Wildman–Crippen LogP) is 2.15. The summed E-state index contributed by atoms with van der Waals surface area (Å²) in [6.07, 6.45) is -0.360. The fourth-order valence-electron chi connectivity index (χ4n) is 2.24. The first-order chi connectivity index (χ1) is 12.3. The number of nitrogens with two attached hydrogens (primary N) is 1. The van der Waals surface area contributed by atoms with Crippen LogP contribution in [0.15, 0.2) is 48.5 Å². The van der Waals surface area contributed by atoms with Crippen LogP contribution in [-0.2, 0) is 16.1 Å². The molecule has 26 heavy (non-hydrogen) atoms. The lowest BCUT2D eigenvalue weighted by Crippen LogP contribution is -2.33. The topological polar surface area (TPSA) is 154 Å². The number of rotatable bonds is 7. The average Bonchev–Trinajstić information content (AvgIpc) is 2.55. The zero-order valence-electron chi connectivity index (χ0n) is 13.5. The Balaban J connectivity index is 2.13. The van der Waals surface area contributed by atoms with Crippen LogP contribution in [0.4, 0.5) is 21.9 Å². The van der Waals surface area contributed by atoms with Crippen molar-refractivity contribution >= 4 is 40.3 Å². The number of hydrogen-bond acceptors (Lipinski definition) is 4. The molecule has 0 aliphatic heterocycles. The van der Waals surface area contributed by atoms with Crippen molar-refractivity contribution < 1.29 is 23.5 Å². The van der Waals surface area contributed by atoms with Gasteiger partial charge in [-0.2, -0.15) is 0 Å². The fraction of sp³-hybridized carbons (Fsp3) is 0.125. The Labute approximate surface area is 152 Å². The number of urea groups is 1. The van der Waals surface area contributed by atoms with Crippen LogP contribution >= 0.6 is 0 Å². The number of nitrogen functional groups attached to an aromatic ring is 1. The summed E-state index contributed by atoms with van der Waals surface area (Å²) in [5.41, 5.74) is 7.41. The minimum atomic E-state index is -2.26. The third kappa shape index (κ3) is 6.07. The molecule has 10 heteroatoms. The molecule has 138 valence electrons. The number of amides is 2. The van der Waals surface area contributed by atoms with Gasteiger partial charge in [0.15, 0.2) is 0 Å². The third-order valence-electron chi connectivity index (χ3n) is 3.35. The van der Waals surface area contributed by atoms with E-state index >= 15 is 0 Å². The van der Waals surface area contributed by atoms with Gasteiger partial charge in [0.2, 0.25) is 0 Å². The molecule has 0 aliphatic rings. The maximum atomic E-state index is 12.2. The third-order valence-corrected chi connectivity index (χ3v) is 3.76. The molecule has 0 spiro atoms. The van der Waals surface area contributed by atoms with Gasteiger partial charge >= 0.3 is 12.0 Å². The van der Waals surface area contributed by atoms with Gasteiger partial charge < -0.3 is 21.5 Å². The van der Waals surface area contributed by atoms with E-state index in [9.17, 15) is 13.8 Å². The first-order valence-corrected chi connectivity index (χ1v) is 8.56. The number of benzene rings is 2. The normalized spacial score (nSPS) is 12.7. The number of nitrogens with one attached hydrogen (secondary N) is 3. The zero-order valence-corrected chi connectivity index (χ0v) is 14.3. The first-order valence-electron chi connectivity index (χ1n) is 7.46. The number of anilines is 3. The Kier molecular flexibility index (Phi) is 6.53. The Morgan fingerprint density at radius 1 is 1.12 bits per heavy atom. The summed E-state index contributed by atoms with van der Waals surface area (Å²) >= 11 is -2.26. The molecular weight excluding hydrogens is 360 g/mol. The van der Waals surface area contributed by atoms with E-state index in [4.69, 9.17) is 15.4 Å². The summed E-state index contributed by atoms with van der Waals surface area (Å²) in [7, 11) is 0. The van der Waals surface area contributed by atoms with Gasteiger partial charge in [0.25, 0.3) is 11.3 Å². The first kappa shape index (κ1) is 19.2. The van der Waals surface area contributed by atoms with Crippen molar-refractivity contribution in [3.63, 3.8) is 0 Å². The SMILES string of the molecule is Nc1ccc(NC(=O)NC(CC(=O)O)c2cccc(NS(=O)O)c2)cc1. The molecular formula is C16H18N4O5S. The monoisotopic (exact) mass is 378 g/mol. The van der Waals surface area contributed by atoms with Crippen molar-refractivity contribution in [1.82, 2.24) is 5.32 Å². The molecule has 2 amide bonds. The number of carboxylic acid groups (broad SMARTS) is 1. The predicted molar refractivity (Wildman–Crippen MR) is 98.8 cm³/mol. The number of carbonyl (C=O) groups excluding carboxylic acids is 1. The van der Waals surface area contributed by atoms with E-state index in [1.165, 1.54) is 6.07 Å². The van der Waals surface area contributed by atoms with Gasteiger partial charge in [0.1, 0.15) is 0 Å². The van der Waals surface area contributed by atoms with E-state index < -0.39 is 29.3 Å². The maximum Gasteiger partial charge on any atom is 0.319 e. The van der Waals surface area contributed by atoms with Gasteiger partial charge in [0, 0.05) is 17.1 Å². The van der Waals surface area contributed by atoms with Crippen molar-refractivity contribution in [1.29, 1.82) is 0 Å². The van der Waals surface area contributed by atoms with Crippen LogP contribution < -0.4 is 21.1 Å². The van der Waals surface area contributed by atoms with Gasteiger partial charge in [0.05, 0.1) is 12.5 Å². The molecule has 0 radical (unpaired) electrons. The van der Waals surface area contributed by atoms with E-state index in [0.717, 1.165) is 0 Å². The van der Waals surface area contributed by atoms with Crippen molar-refractivity contribution in [2.24, 2.45) is 0 Å². The zero-order chi connectivity index (χ0) is 19.1. The Morgan fingerprint density at radius 3 is 2.42 bits per heavy atom. The molecule has 2 aromatic rings. The highest BCUT2D eigenvalue weighted by atomic mass is 32.2. The van der Waals surface area contributed by atoms with Gasteiger partial charge in [-0.3, -0.25) is 14.1 Å². The van der Waals surface area contributed by atoms with Crippen LogP contribution in [0.3, 0.4) is 0 Å². The molecule has 2 rings (SSSR count). The molecule has 7 N–H and O–H groups in total. The molecule has 0 bridgehead atoms. The summed E-state index contributed by atoms with van der Waals surface area (Å²) < 4.78 is 22.0. The lowest BCUT2D eigenvalue weighted by Gasteiger charge is -2.19. The Bertz CT molecular complexity index is 813. The standard InChI is InChI=1S/C16H18N4O5S/c17-11-4-6-12(7-5-11)18-16(23)19-14(9-15(21)22)10-2-1-3-13(8-10)20-26(24)25/h1-8,14,20H,9,17H2,(H,21,22)(H,24,25)(H2,18,19,23). The maximum absolute atomic E-state index is 12.2. The molecule has 2 aromatic carbocycles. The molecule has 2 atom stereocenters. The van der Waals surface area contributed by atoms with Crippen molar-refractivity contribution in [2.75, 3.05) is 15.8 Å². The highest BCUT2D eigenvalue weighted by Gasteiger charge is 2.19. The largest absolute Gasteiger partial charge is 0.481 e. The minimum absolute atomic E-state index is 0.319. The van der Waals surface area contributed by atoms with Gasteiger partial charge in [-0.15, -0.1) is 0 Å². The number of aliphatic carboxylic acids is 1. The summed E-state index contributed by atoms with van der Waals surface area (Å²) in [5.74, 6) is -1.10. The summed E-state index contributed by atoms with van der Waals surface area (Å²) in [6, 6.07) is 11.3. The van der Waals surface area contributed by atoms with E-state index in [1.54, 1.807) is 42.5 Å². The summed E-state index contributed by atoms with van der Waals surface area (Å²) in [6.45, 7) is 0. The second-order valence-corrected chi connectivity index (χ2v) is 6.05. The minimum Gasteiger partial charge on any atom is -0.481 e. The summed E-state index contributed by atoms with van der Waals surface area (Å²) in [4.78, 5) is 23.3. The summed E-state index contributed by atoms with van der Waals surface area (Å²) in [5, 5.41) is 14.3. The highest BCUT2D eigenvalue weighted by Crippen LogP contribution is 2.21. The number of carboxylic acids is 1. The molecule has 0 saturated heterocycles.